The number of carbonyl (C=O) groups is 1. The van der Waals surface area contributed by atoms with Gasteiger partial charge < -0.3 is 10.2 Å². The predicted octanol–water partition coefficient (Wildman–Crippen LogP) is 2.03. The van der Waals surface area contributed by atoms with E-state index >= 15 is 0 Å². The van der Waals surface area contributed by atoms with Crippen molar-refractivity contribution in [2.75, 3.05) is 31.9 Å². The number of aromatic nitrogens is 2. The molecule has 0 aliphatic carbocycles. The number of thioether (sulfide) groups is 1. The average molecular weight is 322 g/mol. The zero-order valence-electron chi connectivity index (χ0n) is 13.8. The van der Waals surface area contributed by atoms with E-state index in [2.05, 4.69) is 27.1 Å². The van der Waals surface area contributed by atoms with Crippen LogP contribution < -0.4 is 5.32 Å². The van der Waals surface area contributed by atoms with Gasteiger partial charge in [-0.25, -0.2) is 9.97 Å². The molecule has 1 N–H and O–H groups in total. The normalized spacial score (nSPS) is 19.1. The second kappa shape index (κ2) is 8.48. The number of hydrogen-bond acceptors (Lipinski definition) is 5. The molecule has 2 heterocycles. The van der Waals surface area contributed by atoms with Crippen molar-refractivity contribution >= 4 is 17.7 Å². The second-order valence-electron chi connectivity index (χ2n) is 6.12. The topological polar surface area (TPSA) is 58.1 Å². The first kappa shape index (κ1) is 17.2. The summed E-state index contributed by atoms with van der Waals surface area (Å²) in [5.41, 5.74) is 1.88. The van der Waals surface area contributed by atoms with Gasteiger partial charge in [-0.05, 0) is 45.2 Å². The summed E-state index contributed by atoms with van der Waals surface area (Å²) in [6.07, 6.45) is 2.60. The Hall–Kier alpha value is -1.14. The van der Waals surface area contributed by atoms with Gasteiger partial charge >= 0.3 is 0 Å². The SMILES string of the molecule is Cc1cc(C)nc(SCC(=O)NCCN2CCCC(C)C2)n1. The van der Waals surface area contributed by atoms with E-state index in [0.29, 0.717) is 10.9 Å². The number of aryl methyl sites for hydroxylation is 2. The fourth-order valence-corrected chi connectivity index (χ4v) is 3.56. The fraction of sp³-hybridized carbons (Fsp3) is 0.688. The number of likely N-dealkylation sites (tertiary alicyclic amines) is 1. The Kier molecular flexibility index (Phi) is 6.64. The van der Waals surface area contributed by atoms with E-state index < -0.39 is 0 Å². The van der Waals surface area contributed by atoms with Crippen LogP contribution in [0.3, 0.4) is 0 Å². The molecular formula is C16H26N4OS. The van der Waals surface area contributed by atoms with E-state index in [1.54, 1.807) is 0 Å². The van der Waals surface area contributed by atoms with Gasteiger partial charge in [-0.1, -0.05) is 18.7 Å². The quantitative estimate of drug-likeness (QED) is 0.641. The number of nitrogens with one attached hydrogen (secondary N) is 1. The first-order valence-corrected chi connectivity index (χ1v) is 8.95. The summed E-state index contributed by atoms with van der Waals surface area (Å²) in [6, 6.07) is 1.93. The second-order valence-corrected chi connectivity index (χ2v) is 7.06. The number of amides is 1. The number of piperidine rings is 1. The van der Waals surface area contributed by atoms with Crippen molar-refractivity contribution in [2.24, 2.45) is 5.92 Å². The molecule has 0 radical (unpaired) electrons. The molecule has 0 bridgehead atoms. The summed E-state index contributed by atoms with van der Waals surface area (Å²) in [5, 5.41) is 3.67. The van der Waals surface area contributed by atoms with Gasteiger partial charge in [0.05, 0.1) is 5.75 Å². The number of rotatable bonds is 6. The molecular weight excluding hydrogens is 296 g/mol. The third kappa shape index (κ3) is 5.93. The lowest BCUT2D eigenvalue weighted by molar-refractivity contribution is -0.118. The highest BCUT2D eigenvalue weighted by Gasteiger charge is 2.15. The van der Waals surface area contributed by atoms with Crippen LogP contribution in [-0.4, -0.2) is 52.7 Å². The minimum absolute atomic E-state index is 0.0535. The molecule has 22 heavy (non-hydrogen) atoms. The molecule has 122 valence electrons. The van der Waals surface area contributed by atoms with Crippen LogP contribution in [0.5, 0.6) is 0 Å². The van der Waals surface area contributed by atoms with Crippen molar-refractivity contribution < 1.29 is 4.79 Å². The molecule has 1 saturated heterocycles. The van der Waals surface area contributed by atoms with Crippen LogP contribution in [0.15, 0.2) is 11.2 Å². The van der Waals surface area contributed by atoms with Gasteiger partial charge in [0.25, 0.3) is 0 Å². The lowest BCUT2D eigenvalue weighted by Gasteiger charge is -2.30. The van der Waals surface area contributed by atoms with E-state index in [1.807, 2.05) is 19.9 Å². The predicted molar refractivity (Wildman–Crippen MR) is 90.1 cm³/mol. The maximum absolute atomic E-state index is 11.9. The Morgan fingerprint density at radius 1 is 1.41 bits per heavy atom. The van der Waals surface area contributed by atoms with Crippen LogP contribution in [0.4, 0.5) is 0 Å². The molecule has 1 aromatic heterocycles. The zero-order valence-corrected chi connectivity index (χ0v) is 14.6. The Labute approximate surface area is 137 Å². The van der Waals surface area contributed by atoms with Gasteiger partial charge in [-0.2, -0.15) is 0 Å². The van der Waals surface area contributed by atoms with E-state index in [9.17, 15) is 4.79 Å². The van der Waals surface area contributed by atoms with E-state index in [1.165, 1.54) is 24.6 Å². The molecule has 5 nitrogen and oxygen atoms in total. The van der Waals surface area contributed by atoms with Crippen molar-refractivity contribution in [2.45, 2.75) is 38.8 Å². The van der Waals surface area contributed by atoms with Crippen molar-refractivity contribution in [3.63, 3.8) is 0 Å². The molecule has 0 aromatic carbocycles. The molecule has 0 saturated carbocycles. The molecule has 1 amide bonds. The molecule has 6 heteroatoms. The first-order valence-electron chi connectivity index (χ1n) is 7.97. The third-order valence-corrected chi connectivity index (χ3v) is 4.63. The highest BCUT2D eigenvalue weighted by atomic mass is 32.2. The van der Waals surface area contributed by atoms with E-state index in [0.717, 1.165) is 43.5 Å². The van der Waals surface area contributed by atoms with Crippen LogP contribution >= 0.6 is 11.8 Å². The van der Waals surface area contributed by atoms with E-state index in [4.69, 9.17) is 0 Å². The van der Waals surface area contributed by atoms with Crippen molar-refractivity contribution in [1.82, 2.24) is 20.2 Å². The van der Waals surface area contributed by atoms with Crippen molar-refractivity contribution in [3.05, 3.63) is 17.5 Å². The highest BCUT2D eigenvalue weighted by Crippen LogP contribution is 2.15. The van der Waals surface area contributed by atoms with Gasteiger partial charge in [-0.3, -0.25) is 4.79 Å². The lowest BCUT2D eigenvalue weighted by Crippen LogP contribution is -2.40. The largest absolute Gasteiger partial charge is 0.354 e. The number of nitrogens with zero attached hydrogens (tertiary/aromatic N) is 3. The number of hydrogen-bond donors (Lipinski definition) is 1. The smallest absolute Gasteiger partial charge is 0.230 e. The van der Waals surface area contributed by atoms with Crippen LogP contribution in [-0.2, 0) is 4.79 Å². The van der Waals surface area contributed by atoms with Crippen LogP contribution in [0, 0.1) is 19.8 Å². The van der Waals surface area contributed by atoms with Crippen LogP contribution in [0.25, 0.3) is 0 Å². The van der Waals surface area contributed by atoms with Gasteiger partial charge in [0.1, 0.15) is 0 Å². The van der Waals surface area contributed by atoms with Gasteiger partial charge in [0.2, 0.25) is 5.91 Å². The summed E-state index contributed by atoms with van der Waals surface area (Å²) in [4.78, 5) is 23.0. The molecule has 0 spiro atoms. The van der Waals surface area contributed by atoms with E-state index in [-0.39, 0.29) is 5.91 Å². The number of carbonyl (C=O) groups excluding carboxylic acids is 1. The van der Waals surface area contributed by atoms with Gasteiger partial charge in [0, 0.05) is 31.0 Å². The monoisotopic (exact) mass is 322 g/mol. The van der Waals surface area contributed by atoms with Crippen molar-refractivity contribution in [3.8, 4) is 0 Å². The molecule has 1 aromatic rings. The van der Waals surface area contributed by atoms with Crippen LogP contribution in [0.1, 0.15) is 31.2 Å². The minimum atomic E-state index is 0.0535. The molecule has 1 atom stereocenters. The minimum Gasteiger partial charge on any atom is -0.354 e. The standard InChI is InChI=1S/C16H26N4OS/c1-12-5-4-7-20(10-12)8-6-17-15(21)11-22-16-18-13(2)9-14(3)19-16/h9,12H,4-8,10-11H2,1-3H3,(H,17,21). The molecule has 2 rings (SSSR count). The van der Waals surface area contributed by atoms with Gasteiger partial charge in [-0.15, -0.1) is 0 Å². The zero-order chi connectivity index (χ0) is 15.9. The Morgan fingerprint density at radius 3 is 2.82 bits per heavy atom. The maximum atomic E-state index is 11.9. The molecule has 1 aliphatic rings. The first-order chi connectivity index (χ1) is 10.5. The molecule has 1 fully saturated rings. The summed E-state index contributed by atoms with van der Waals surface area (Å²) < 4.78 is 0. The average Bonchev–Trinajstić information content (AvgIpc) is 2.44. The van der Waals surface area contributed by atoms with Crippen molar-refractivity contribution in [1.29, 1.82) is 0 Å². The van der Waals surface area contributed by atoms with Gasteiger partial charge in [0.15, 0.2) is 5.16 Å². The molecule has 1 aliphatic heterocycles. The highest BCUT2D eigenvalue weighted by molar-refractivity contribution is 7.99. The Bertz CT molecular complexity index is 489. The summed E-state index contributed by atoms with van der Waals surface area (Å²) >= 11 is 1.40. The van der Waals surface area contributed by atoms with Crippen LogP contribution in [0.2, 0.25) is 0 Å². The fourth-order valence-electron chi connectivity index (χ4n) is 2.78. The maximum Gasteiger partial charge on any atom is 0.230 e. The summed E-state index contributed by atoms with van der Waals surface area (Å²) in [7, 11) is 0. The summed E-state index contributed by atoms with van der Waals surface area (Å²) in [6.45, 7) is 10.2. The molecule has 1 unspecified atom stereocenters. The Balaban J connectivity index is 1.65. The Morgan fingerprint density at radius 2 is 2.14 bits per heavy atom. The lowest BCUT2D eigenvalue weighted by atomic mass is 10.0. The third-order valence-electron chi connectivity index (χ3n) is 3.79. The summed E-state index contributed by atoms with van der Waals surface area (Å²) in [5.74, 6) is 1.21.